The highest BCUT2D eigenvalue weighted by Crippen LogP contribution is 2.31. The zero-order valence-corrected chi connectivity index (χ0v) is 11.9. The van der Waals surface area contributed by atoms with Crippen LogP contribution in [-0.4, -0.2) is 37.6 Å². The van der Waals surface area contributed by atoms with E-state index in [9.17, 15) is 0 Å². The number of halogens is 1. The normalized spacial score (nSPS) is 27.9. The zero-order valence-electron chi connectivity index (χ0n) is 11.1. The summed E-state index contributed by atoms with van der Waals surface area (Å²) in [4.78, 5) is 5.60. The third kappa shape index (κ3) is 2.53. The van der Waals surface area contributed by atoms with E-state index in [1.807, 2.05) is 24.3 Å². The SMILES string of the molecule is COC1CNCC12CC(C#Cc1cccc(Cl)c1)=NO2. The van der Waals surface area contributed by atoms with Crippen LogP contribution in [0.1, 0.15) is 12.0 Å². The van der Waals surface area contributed by atoms with E-state index in [0.29, 0.717) is 11.4 Å². The Kier molecular flexibility index (Phi) is 3.66. The second-order valence-corrected chi connectivity index (χ2v) is 5.42. The number of nitrogens with zero attached hydrogens (tertiary/aromatic N) is 1. The molecular formula is C15H15ClN2O2. The average molecular weight is 291 g/mol. The van der Waals surface area contributed by atoms with Crippen LogP contribution >= 0.6 is 11.6 Å². The minimum absolute atomic E-state index is 0.0109. The molecule has 1 aromatic carbocycles. The molecule has 0 aromatic heterocycles. The maximum Gasteiger partial charge on any atom is 0.183 e. The van der Waals surface area contributed by atoms with Crippen LogP contribution in [0.5, 0.6) is 0 Å². The number of hydrogen-bond acceptors (Lipinski definition) is 4. The van der Waals surface area contributed by atoms with Gasteiger partial charge in [0.05, 0.1) is 0 Å². The van der Waals surface area contributed by atoms with Crippen LogP contribution in [0.25, 0.3) is 0 Å². The lowest BCUT2D eigenvalue weighted by atomic mass is 9.94. The molecule has 2 heterocycles. The monoisotopic (exact) mass is 290 g/mol. The Morgan fingerprint density at radius 2 is 2.40 bits per heavy atom. The summed E-state index contributed by atoms with van der Waals surface area (Å²) in [6.45, 7) is 1.51. The largest absolute Gasteiger partial charge is 0.384 e. The fourth-order valence-corrected chi connectivity index (χ4v) is 2.74. The fraction of sp³-hybridized carbons (Fsp3) is 0.400. The quantitative estimate of drug-likeness (QED) is 0.803. The molecule has 1 saturated heterocycles. The summed E-state index contributed by atoms with van der Waals surface area (Å²) in [6, 6.07) is 7.45. The van der Waals surface area contributed by atoms with Crippen LogP contribution in [0, 0.1) is 11.8 Å². The minimum atomic E-state index is -0.396. The summed E-state index contributed by atoms with van der Waals surface area (Å²) < 4.78 is 5.45. The van der Waals surface area contributed by atoms with Gasteiger partial charge in [-0.25, -0.2) is 0 Å². The average Bonchev–Trinajstić information content (AvgIpc) is 3.04. The van der Waals surface area contributed by atoms with Crippen molar-refractivity contribution in [2.75, 3.05) is 20.2 Å². The molecule has 20 heavy (non-hydrogen) atoms. The van der Waals surface area contributed by atoms with Crippen molar-refractivity contribution < 1.29 is 9.57 Å². The third-order valence-electron chi connectivity index (χ3n) is 3.61. The molecule has 3 rings (SSSR count). The Bertz CT molecular complexity index is 605. The molecule has 1 spiro atoms. The van der Waals surface area contributed by atoms with E-state index in [0.717, 1.165) is 24.4 Å². The van der Waals surface area contributed by atoms with Crippen LogP contribution in [0.15, 0.2) is 29.4 Å². The summed E-state index contributed by atoms with van der Waals surface area (Å²) in [5.41, 5.74) is 1.22. The zero-order chi connectivity index (χ0) is 14.0. The van der Waals surface area contributed by atoms with Gasteiger partial charge in [0.15, 0.2) is 5.60 Å². The molecule has 104 valence electrons. The molecule has 0 amide bonds. The van der Waals surface area contributed by atoms with Gasteiger partial charge in [0.1, 0.15) is 11.8 Å². The molecule has 2 unspecified atom stereocenters. The second-order valence-electron chi connectivity index (χ2n) is 4.99. The maximum absolute atomic E-state index is 5.93. The highest BCUT2D eigenvalue weighted by molar-refractivity contribution is 6.30. The lowest BCUT2D eigenvalue weighted by molar-refractivity contribution is -0.0896. The molecule has 1 fully saturated rings. The Morgan fingerprint density at radius 1 is 1.50 bits per heavy atom. The summed E-state index contributed by atoms with van der Waals surface area (Å²) in [7, 11) is 1.69. The van der Waals surface area contributed by atoms with E-state index in [1.165, 1.54) is 0 Å². The highest BCUT2D eigenvalue weighted by atomic mass is 35.5. The van der Waals surface area contributed by atoms with Crippen molar-refractivity contribution >= 4 is 17.3 Å². The molecule has 1 N–H and O–H groups in total. The first kappa shape index (κ1) is 13.4. The van der Waals surface area contributed by atoms with Gasteiger partial charge in [-0.05, 0) is 24.1 Å². The van der Waals surface area contributed by atoms with Crippen molar-refractivity contribution in [3.63, 3.8) is 0 Å². The van der Waals surface area contributed by atoms with Gasteiger partial charge in [0.2, 0.25) is 0 Å². The number of rotatable bonds is 1. The van der Waals surface area contributed by atoms with E-state index in [1.54, 1.807) is 7.11 Å². The van der Waals surface area contributed by atoms with Crippen molar-refractivity contribution in [3.8, 4) is 11.8 Å². The summed E-state index contributed by atoms with van der Waals surface area (Å²) in [5, 5.41) is 8.04. The Labute approximate surface area is 123 Å². The van der Waals surface area contributed by atoms with E-state index in [2.05, 4.69) is 22.3 Å². The Balaban J connectivity index is 1.72. The van der Waals surface area contributed by atoms with Gasteiger partial charge in [-0.1, -0.05) is 28.7 Å². The molecule has 0 bridgehead atoms. The smallest absolute Gasteiger partial charge is 0.183 e. The molecule has 5 heteroatoms. The Hall–Kier alpha value is -1.54. The maximum atomic E-state index is 5.93. The summed E-state index contributed by atoms with van der Waals surface area (Å²) in [6.07, 6.45) is 0.684. The molecule has 2 aliphatic heterocycles. The van der Waals surface area contributed by atoms with Crippen LogP contribution in [0.3, 0.4) is 0 Å². The molecule has 2 aliphatic rings. The van der Waals surface area contributed by atoms with Gasteiger partial charge < -0.3 is 14.9 Å². The molecule has 1 aromatic rings. The van der Waals surface area contributed by atoms with E-state index >= 15 is 0 Å². The summed E-state index contributed by atoms with van der Waals surface area (Å²) >= 11 is 5.93. The number of nitrogens with one attached hydrogen (secondary N) is 1. The number of benzene rings is 1. The molecule has 2 atom stereocenters. The van der Waals surface area contributed by atoms with Crippen molar-refractivity contribution in [2.24, 2.45) is 5.16 Å². The second kappa shape index (κ2) is 5.45. The first-order valence-corrected chi connectivity index (χ1v) is 6.86. The highest BCUT2D eigenvalue weighted by Gasteiger charge is 2.50. The van der Waals surface area contributed by atoms with Gasteiger partial charge in [-0.2, -0.15) is 0 Å². The van der Waals surface area contributed by atoms with Crippen LogP contribution in [0.4, 0.5) is 0 Å². The third-order valence-corrected chi connectivity index (χ3v) is 3.84. The van der Waals surface area contributed by atoms with Crippen molar-refractivity contribution in [1.29, 1.82) is 0 Å². The van der Waals surface area contributed by atoms with Crippen molar-refractivity contribution in [3.05, 3.63) is 34.9 Å². The van der Waals surface area contributed by atoms with Crippen LogP contribution in [-0.2, 0) is 9.57 Å². The number of ether oxygens (including phenoxy) is 1. The lowest BCUT2D eigenvalue weighted by Crippen LogP contribution is -2.42. The molecular weight excluding hydrogens is 276 g/mol. The molecule has 4 nitrogen and oxygen atoms in total. The van der Waals surface area contributed by atoms with Gasteiger partial charge in [-0.15, -0.1) is 0 Å². The van der Waals surface area contributed by atoms with Gasteiger partial charge in [0.25, 0.3) is 0 Å². The summed E-state index contributed by atoms with van der Waals surface area (Å²) in [5.74, 6) is 6.11. The van der Waals surface area contributed by atoms with Crippen LogP contribution < -0.4 is 5.32 Å². The Morgan fingerprint density at radius 3 is 3.20 bits per heavy atom. The van der Waals surface area contributed by atoms with Crippen LogP contribution in [0.2, 0.25) is 5.02 Å². The van der Waals surface area contributed by atoms with Crippen molar-refractivity contribution in [2.45, 2.75) is 18.1 Å². The first-order chi connectivity index (χ1) is 9.72. The molecule has 0 radical (unpaired) electrons. The molecule has 0 aliphatic carbocycles. The van der Waals surface area contributed by atoms with Gasteiger partial charge in [-0.3, -0.25) is 0 Å². The van der Waals surface area contributed by atoms with E-state index in [-0.39, 0.29) is 6.10 Å². The number of hydrogen-bond donors (Lipinski definition) is 1. The fourth-order valence-electron chi connectivity index (χ4n) is 2.55. The lowest BCUT2D eigenvalue weighted by Gasteiger charge is -2.25. The predicted molar refractivity (Wildman–Crippen MR) is 77.9 cm³/mol. The topological polar surface area (TPSA) is 42.8 Å². The van der Waals surface area contributed by atoms with E-state index in [4.69, 9.17) is 21.2 Å². The number of oxime groups is 1. The van der Waals surface area contributed by atoms with E-state index < -0.39 is 5.60 Å². The number of methoxy groups -OCH3 is 1. The van der Waals surface area contributed by atoms with Gasteiger partial charge >= 0.3 is 0 Å². The van der Waals surface area contributed by atoms with Crippen molar-refractivity contribution in [1.82, 2.24) is 5.32 Å². The van der Waals surface area contributed by atoms with Gasteiger partial charge in [0, 0.05) is 37.2 Å². The molecule has 0 saturated carbocycles. The predicted octanol–water partition coefficient (Wildman–Crippen LogP) is 1.82. The minimum Gasteiger partial charge on any atom is -0.384 e. The standard InChI is InChI=1S/C15H15ClN2O2/c1-19-14-9-17-10-15(14)8-13(18-20-15)6-5-11-3-2-4-12(16)7-11/h2-4,7,14,17H,8-10H2,1H3. The first-order valence-electron chi connectivity index (χ1n) is 6.48.